The minimum Gasteiger partial charge on any atom is -0.491 e. The Morgan fingerprint density at radius 2 is 2.15 bits per heavy atom. The molecule has 1 atom stereocenters. The Morgan fingerprint density at radius 3 is 3.00 bits per heavy atom. The van der Waals surface area contributed by atoms with Crippen LogP contribution < -0.4 is 4.74 Å². The number of aromatic nitrogens is 1. The topological polar surface area (TPSA) is 57.7 Å². The van der Waals surface area contributed by atoms with Gasteiger partial charge in [-0.15, -0.1) is 11.3 Å². The normalized spacial score (nSPS) is 16.7. The second-order valence-corrected chi connectivity index (χ2v) is 7.24. The number of rotatable bonds is 6. The van der Waals surface area contributed by atoms with Crippen molar-refractivity contribution in [2.24, 2.45) is 0 Å². The molecule has 0 N–H and O–H groups in total. The molecule has 0 saturated carbocycles. The summed E-state index contributed by atoms with van der Waals surface area (Å²) in [6.45, 7) is 1.47. The summed E-state index contributed by atoms with van der Waals surface area (Å²) in [5.74, 6) is 0.266. The first kappa shape index (κ1) is 17.0. The van der Waals surface area contributed by atoms with E-state index in [0.29, 0.717) is 17.9 Å². The highest BCUT2D eigenvalue weighted by Gasteiger charge is 2.16. The second-order valence-electron chi connectivity index (χ2n) is 6.13. The predicted octanol–water partition coefficient (Wildman–Crippen LogP) is 4.21. The van der Waals surface area contributed by atoms with Gasteiger partial charge in [0.15, 0.2) is 0 Å². The fourth-order valence-corrected chi connectivity index (χ4v) is 3.75. The van der Waals surface area contributed by atoms with Crippen LogP contribution in [0.3, 0.4) is 0 Å². The molecule has 2 aromatic carbocycles. The molecule has 1 unspecified atom stereocenters. The molecule has 0 bridgehead atoms. The average molecular weight is 369 g/mol. The van der Waals surface area contributed by atoms with Gasteiger partial charge in [0.1, 0.15) is 24.0 Å². The second kappa shape index (κ2) is 7.85. The molecule has 4 rings (SSSR count). The SMILES string of the molecule is O=C(OCc1nc2ccccc2s1)c1cccc(OCC2CCCO2)c1. The Bertz CT molecular complexity index is 868. The maximum atomic E-state index is 12.3. The van der Waals surface area contributed by atoms with Crippen molar-refractivity contribution in [1.29, 1.82) is 0 Å². The standard InChI is InChI=1S/C20H19NO4S/c22-20(25-13-19-21-17-8-1-2-9-18(17)26-19)14-5-3-6-15(11-14)24-12-16-7-4-10-23-16/h1-3,5-6,8-9,11,16H,4,7,10,12-13H2. The smallest absolute Gasteiger partial charge is 0.338 e. The number of nitrogens with zero attached hydrogens (tertiary/aromatic N) is 1. The van der Waals surface area contributed by atoms with Gasteiger partial charge in [-0.3, -0.25) is 0 Å². The Labute approximate surface area is 155 Å². The third-order valence-corrected chi connectivity index (χ3v) is 5.20. The summed E-state index contributed by atoms with van der Waals surface area (Å²) in [5, 5.41) is 0.783. The quantitative estimate of drug-likeness (QED) is 0.609. The van der Waals surface area contributed by atoms with Gasteiger partial charge in [-0.1, -0.05) is 18.2 Å². The number of ether oxygens (including phenoxy) is 3. The van der Waals surface area contributed by atoms with Gasteiger partial charge < -0.3 is 14.2 Å². The highest BCUT2D eigenvalue weighted by atomic mass is 32.1. The van der Waals surface area contributed by atoms with Gasteiger partial charge in [-0.2, -0.15) is 0 Å². The molecule has 0 spiro atoms. The zero-order valence-electron chi connectivity index (χ0n) is 14.2. The van der Waals surface area contributed by atoms with E-state index in [-0.39, 0.29) is 18.7 Å². The first-order valence-corrected chi connectivity index (χ1v) is 9.45. The van der Waals surface area contributed by atoms with Crippen molar-refractivity contribution in [1.82, 2.24) is 4.98 Å². The van der Waals surface area contributed by atoms with Gasteiger partial charge in [0.2, 0.25) is 0 Å². The lowest BCUT2D eigenvalue weighted by Crippen LogP contribution is -2.16. The third-order valence-electron chi connectivity index (χ3n) is 4.19. The molecule has 5 nitrogen and oxygen atoms in total. The van der Waals surface area contributed by atoms with Gasteiger partial charge in [0, 0.05) is 6.61 Å². The van der Waals surface area contributed by atoms with Crippen LogP contribution in [-0.4, -0.2) is 30.3 Å². The predicted molar refractivity (Wildman–Crippen MR) is 99.7 cm³/mol. The van der Waals surface area contributed by atoms with Crippen molar-refractivity contribution < 1.29 is 19.0 Å². The van der Waals surface area contributed by atoms with E-state index in [4.69, 9.17) is 14.2 Å². The molecule has 1 fully saturated rings. The van der Waals surface area contributed by atoms with Crippen LogP contribution in [0.15, 0.2) is 48.5 Å². The molecule has 0 amide bonds. The average Bonchev–Trinajstić information content (AvgIpc) is 3.33. The van der Waals surface area contributed by atoms with Crippen molar-refractivity contribution in [2.45, 2.75) is 25.6 Å². The Balaban J connectivity index is 1.35. The van der Waals surface area contributed by atoms with Gasteiger partial charge in [-0.05, 0) is 43.2 Å². The molecular weight excluding hydrogens is 350 g/mol. The van der Waals surface area contributed by atoms with Crippen LogP contribution in [0.5, 0.6) is 5.75 Å². The molecule has 26 heavy (non-hydrogen) atoms. The van der Waals surface area contributed by atoms with Crippen molar-refractivity contribution in [3.05, 3.63) is 59.1 Å². The summed E-state index contributed by atoms with van der Waals surface area (Å²) in [5.41, 5.74) is 1.39. The van der Waals surface area contributed by atoms with Crippen LogP contribution in [0, 0.1) is 0 Å². The lowest BCUT2D eigenvalue weighted by Gasteiger charge is -2.12. The molecule has 1 aliphatic rings. The van der Waals surface area contributed by atoms with Gasteiger partial charge in [0.25, 0.3) is 0 Å². The number of carbonyl (C=O) groups excluding carboxylic acids is 1. The molecule has 0 radical (unpaired) electrons. The number of hydrogen-bond donors (Lipinski definition) is 0. The molecule has 3 aromatic rings. The summed E-state index contributed by atoms with van der Waals surface area (Å²) in [6.07, 6.45) is 2.24. The van der Waals surface area contributed by atoms with E-state index in [2.05, 4.69) is 4.98 Å². The fourth-order valence-electron chi connectivity index (χ4n) is 2.87. The number of thiazole rings is 1. The Morgan fingerprint density at radius 1 is 1.23 bits per heavy atom. The largest absolute Gasteiger partial charge is 0.491 e. The zero-order chi connectivity index (χ0) is 17.8. The number of para-hydroxylation sites is 1. The number of carbonyl (C=O) groups is 1. The molecule has 0 aliphatic carbocycles. The third kappa shape index (κ3) is 4.03. The van der Waals surface area contributed by atoms with Crippen molar-refractivity contribution in [3.8, 4) is 5.75 Å². The van der Waals surface area contributed by atoms with Crippen LogP contribution in [0.4, 0.5) is 0 Å². The highest BCUT2D eigenvalue weighted by molar-refractivity contribution is 7.18. The molecule has 2 heterocycles. The molecule has 6 heteroatoms. The van der Waals surface area contributed by atoms with Gasteiger partial charge >= 0.3 is 5.97 Å². The monoisotopic (exact) mass is 369 g/mol. The molecule has 1 aromatic heterocycles. The molecular formula is C20H19NO4S. The number of fused-ring (bicyclic) bond motifs is 1. The van der Waals surface area contributed by atoms with Crippen LogP contribution in [0.25, 0.3) is 10.2 Å². The lowest BCUT2D eigenvalue weighted by molar-refractivity contribution is 0.0471. The van der Waals surface area contributed by atoms with E-state index in [1.807, 2.05) is 30.3 Å². The summed E-state index contributed by atoms with van der Waals surface area (Å²) in [7, 11) is 0. The molecule has 134 valence electrons. The minimum atomic E-state index is -0.383. The van der Waals surface area contributed by atoms with Crippen LogP contribution in [0.2, 0.25) is 0 Å². The minimum absolute atomic E-state index is 0.143. The Kier molecular flexibility index (Phi) is 5.13. The molecule has 1 aliphatic heterocycles. The van der Waals surface area contributed by atoms with Crippen molar-refractivity contribution in [3.63, 3.8) is 0 Å². The summed E-state index contributed by atoms with van der Waals surface area (Å²) < 4.78 is 17.8. The summed E-state index contributed by atoms with van der Waals surface area (Å²) >= 11 is 1.53. The van der Waals surface area contributed by atoms with E-state index in [9.17, 15) is 4.79 Å². The number of esters is 1. The Hall–Kier alpha value is -2.44. The maximum Gasteiger partial charge on any atom is 0.338 e. The van der Waals surface area contributed by atoms with E-state index < -0.39 is 0 Å². The highest BCUT2D eigenvalue weighted by Crippen LogP contribution is 2.23. The fraction of sp³-hybridized carbons (Fsp3) is 0.300. The zero-order valence-corrected chi connectivity index (χ0v) is 15.0. The van der Waals surface area contributed by atoms with Crippen molar-refractivity contribution >= 4 is 27.5 Å². The van der Waals surface area contributed by atoms with Gasteiger partial charge in [-0.25, -0.2) is 9.78 Å². The van der Waals surface area contributed by atoms with E-state index in [0.717, 1.165) is 34.7 Å². The lowest BCUT2D eigenvalue weighted by atomic mass is 10.2. The first-order chi connectivity index (χ1) is 12.8. The van der Waals surface area contributed by atoms with Crippen LogP contribution in [0.1, 0.15) is 28.2 Å². The number of hydrogen-bond acceptors (Lipinski definition) is 6. The maximum absolute atomic E-state index is 12.3. The summed E-state index contributed by atoms with van der Waals surface area (Å²) in [6, 6.07) is 14.9. The van der Waals surface area contributed by atoms with Crippen molar-refractivity contribution in [2.75, 3.05) is 13.2 Å². The van der Waals surface area contributed by atoms with E-state index in [1.54, 1.807) is 18.2 Å². The summed E-state index contributed by atoms with van der Waals surface area (Å²) in [4.78, 5) is 16.8. The first-order valence-electron chi connectivity index (χ1n) is 8.64. The van der Waals surface area contributed by atoms with E-state index in [1.165, 1.54) is 11.3 Å². The van der Waals surface area contributed by atoms with Gasteiger partial charge in [0.05, 0.1) is 21.9 Å². The van der Waals surface area contributed by atoms with Crippen LogP contribution >= 0.6 is 11.3 Å². The number of benzene rings is 2. The van der Waals surface area contributed by atoms with Crippen LogP contribution in [-0.2, 0) is 16.1 Å². The van der Waals surface area contributed by atoms with E-state index >= 15 is 0 Å². The molecule has 1 saturated heterocycles.